The molecule has 0 saturated carbocycles. The van der Waals surface area contributed by atoms with Gasteiger partial charge in [-0.3, -0.25) is 0 Å². The molecule has 0 aromatic heterocycles. The zero-order valence-electron chi connectivity index (χ0n) is 16.0. The number of ether oxygens (including phenoxy) is 3. The summed E-state index contributed by atoms with van der Waals surface area (Å²) in [6.07, 6.45) is 4.24. The van der Waals surface area contributed by atoms with E-state index in [0.29, 0.717) is 37.5 Å². The van der Waals surface area contributed by atoms with E-state index in [1.165, 1.54) is 0 Å². The molecule has 0 aliphatic rings. The van der Waals surface area contributed by atoms with E-state index in [0.717, 1.165) is 0 Å². The Labute approximate surface area is 184 Å². The van der Waals surface area contributed by atoms with E-state index in [9.17, 15) is 0 Å². The standard InChI is InChI=1S/C18H30Cl3O6P/c1-4-16(13-19)22-7-10-25-28(26-11-8-23-17(5-2)14-20)27-12-9-24-18(6-3)15-21/h4-6,16-18H,1-3,7-15H2. The van der Waals surface area contributed by atoms with Gasteiger partial charge in [0.2, 0.25) is 0 Å². The van der Waals surface area contributed by atoms with Crippen LogP contribution in [0.5, 0.6) is 0 Å². The molecule has 28 heavy (non-hydrogen) atoms. The summed E-state index contributed by atoms with van der Waals surface area (Å²) in [6, 6.07) is 0. The SMILES string of the molecule is C=CC(CCl)OCCOP(OCCOC(C=C)CCl)OCCOC(C=C)CCl. The summed E-state index contributed by atoms with van der Waals surface area (Å²) in [7, 11) is -1.60. The van der Waals surface area contributed by atoms with Gasteiger partial charge in [0.25, 0.3) is 0 Å². The Kier molecular flexibility index (Phi) is 20.8. The summed E-state index contributed by atoms with van der Waals surface area (Å²) in [6.45, 7) is 12.8. The molecule has 164 valence electrons. The van der Waals surface area contributed by atoms with Gasteiger partial charge < -0.3 is 27.8 Å². The second-order valence-electron chi connectivity index (χ2n) is 5.12. The van der Waals surface area contributed by atoms with Crippen molar-refractivity contribution >= 4 is 43.4 Å². The Hall–Kier alpha value is 0.280. The van der Waals surface area contributed by atoms with Gasteiger partial charge in [-0.2, -0.15) is 0 Å². The molecule has 3 atom stereocenters. The first-order valence-corrected chi connectivity index (χ1v) is 11.4. The van der Waals surface area contributed by atoms with Crippen molar-refractivity contribution in [3.05, 3.63) is 38.0 Å². The molecule has 0 saturated heterocycles. The lowest BCUT2D eigenvalue weighted by molar-refractivity contribution is 0.0340. The van der Waals surface area contributed by atoms with Crippen LogP contribution in [0.15, 0.2) is 38.0 Å². The Morgan fingerprint density at radius 3 is 1.07 bits per heavy atom. The molecule has 6 nitrogen and oxygen atoms in total. The summed E-state index contributed by atoms with van der Waals surface area (Å²) in [5.74, 6) is 0.988. The summed E-state index contributed by atoms with van der Waals surface area (Å²) >= 11 is 17.2. The van der Waals surface area contributed by atoms with Crippen LogP contribution in [-0.2, 0) is 27.8 Å². The lowest BCUT2D eigenvalue weighted by Crippen LogP contribution is -2.17. The molecule has 0 aromatic rings. The van der Waals surface area contributed by atoms with Crippen LogP contribution in [0.25, 0.3) is 0 Å². The first kappa shape index (κ1) is 28.3. The molecule has 0 heterocycles. The smallest absolute Gasteiger partial charge is 0.332 e. The van der Waals surface area contributed by atoms with Gasteiger partial charge in [-0.15, -0.1) is 54.5 Å². The number of rotatable bonds is 21. The first-order chi connectivity index (χ1) is 13.6. The van der Waals surface area contributed by atoms with Crippen molar-refractivity contribution in [2.75, 3.05) is 57.3 Å². The van der Waals surface area contributed by atoms with Crippen LogP contribution in [0.2, 0.25) is 0 Å². The van der Waals surface area contributed by atoms with E-state index >= 15 is 0 Å². The quantitative estimate of drug-likeness (QED) is 0.103. The van der Waals surface area contributed by atoms with Crippen LogP contribution >= 0.6 is 43.4 Å². The third-order valence-corrected chi connectivity index (χ3v) is 5.17. The number of halogens is 3. The maximum atomic E-state index is 5.73. The molecular weight excluding hydrogens is 450 g/mol. The average Bonchev–Trinajstić information content (AvgIpc) is 2.73. The second kappa shape index (κ2) is 20.5. The van der Waals surface area contributed by atoms with Crippen molar-refractivity contribution < 1.29 is 27.8 Å². The minimum Gasteiger partial charge on any atom is -0.371 e. The molecule has 0 amide bonds. The maximum Gasteiger partial charge on any atom is 0.332 e. The molecule has 0 spiro atoms. The molecule has 10 heteroatoms. The van der Waals surface area contributed by atoms with Crippen LogP contribution in [0.4, 0.5) is 0 Å². The molecule has 0 aliphatic heterocycles. The predicted molar refractivity (Wildman–Crippen MR) is 117 cm³/mol. The summed E-state index contributed by atoms with van der Waals surface area (Å²) in [4.78, 5) is 0. The monoisotopic (exact) mass is 478 g/mol. The number of alkyl halides is 3. The van der Waals surface area contributed by atoms with Gasteiger partial charge in [0, 0.05) is 0 Å². The number of hydrogen-bond acceptors (Lipinski definition) is 6. The molecular formula is C18H30Cl3O6P. The Balaban J connectivity index is 4.22. The molecule has 0 bridgehead atoms. The zero-order valence-corrected chi connectivity index (χ0v) is 19.1. The highest BCUT2D eigenvalue weighted by molar-refractivity contribution is 7.41. The zero-order chi connectivity index (χ0) is 21.0. The van der Waals surface area contributed by atoms with Gasteiger partial charge in [-0.05, 0) is 0 Å². The van der Waals surface area contributed by atoms with Gasteiger partial charge in [0.1, 0.15) is 0 Å². The van der Waals surface area contributed by atoms with Crippen molar-refractivity contribution in [2.45, 2.75) is 18.3 Å². The van der Waals surface area contributed by atoms with Gasteiger partial charge in [0.15, 0.2) is 0 Å². The lowest BCUT2D eigenvalue weighted by Gasteiger charge is -2.19. The molecule has 0 N–H and O–H groups in total. The van der Waals surface area contributed by atoms with Crippen molar-refractivity contribution in [3.63, 3.8) is 0 Å². The van der Waals surface area contributed by atoms with Crippen molar-refractivity contribution in [3.8, 4) is 0 Å². The Bertz CT molecular complexity index is 348. The van der Waals surface area contributed by atoms with Gasteiger partial charge in [0.05, 0.1) is 75.6 Å². The molecule has 0 aliphatic carbocycles. The van der Waals surface area contributed by atoms with Crippen molar-refractivity contribution in [1.82, 2.24) is 0 Å². The minimum atomic E-state index is -1.60. The topological polar surface area (TPSA) is 55.4 Å². The predicted octanol–water partition coefficient (Wildman–Crippen LogP) is 4.69. The average molecular weight is 480 g/mol. The fraction of sp³-hybridized carbons (Fsp3) is 0.667. The largest absolute Gasteiger partial charge is 0.371 e. The van der Waals surface area contributed by atoms with Crippen LogP contribution in [-0.4, -0.2) is 75.6 Å². The maximum absolute atomic E-state index is 5.73. The van der Waals surface area contributed by atoms with E-state index in [1.807, 2.05) is 0 Å². The van der Waals surface area contributed by atoms with E-state index in [2.05, 4.69) is 19.7 Å². The summed E-state index contributed by atoms with van der Waals surface area (Å²) in [5, 5.41) is 0. The van der Waals surface area contributed by atoms with Gasteiger partial charge >= 0.3 is 8.60 Å². The summed E-state index contributed by atoms with van der Waals surface area (Å²) in [5.41, 5.74) is 0. The van der Waals surface area contributed by atoms with Crippen LogP contribution in [0.3, 0.4) is 0 Å². The van der Waals surface area contributed by atoms with Gasteiger partial charge in [-0.1, -0.05) is 18.2 Å². The highest BCUT2D eigenvalue weighted by Gasteiger charge is 2.14. The van der Waals surface area contributed by atoms with Gasteiger partial charge in [-0.25, -0.2) is 0 Å². The minimum absolute atomic E-state index is 0.224. The van der Waals surface area contributed by atoms with Crippen molar-refractivity contribution in [1.29, 1.82) is 0 Å². The fourth-order valence-electron chi connectivity index (χ4n) is 1.57. The normalized spacial score (nSPS) is 15.5. The van der Waals surface area contributed by atoms with Crippen LogP contribution in [0.1, 0.15) is 0 Å². The highest BCUT2D eigenvalue weighted by Crippen LogP contribution is 2.39. The number of hydrogen-bond donors (Lipinski definition) is 0. The Morgan fingerprint density at radius 2 is 0.857 bits per heavy atom. The molecule has 0 aromatic carbocycles. The van der Waals surface area contributed by atoms with Crippen molar-refractivity contribution in [2.24, 2.45) is 0 Å². The van der Waals surface area contributed by atoms with E-state index < -0.39 is 8.60 Å². The van der Waals surface area contributed by atoms with E-state index in [1.54, 1.807) is 18.2 Å². The third kappa shape index (κ3) is 15.2. The fourth-order valence-corrected chi connectivity index (χ4v) is 3.11. The molecule has 0 fully saturated rings. The van der Waals surface area contributed by atoms with E-state index in [-0.39, 0.29) is 38.1 Å². The first-order valence-electron chi connectivity index (χ1n) is 8.74. The Morgan fingerprint density at radius 1 is 0.571 bits per heavy atom. The van der Waals surface area contributed by atoms with Crippen LogP contribution < -0.4 is 0 Å². The molecule has 0 radical (unpaired) electrons. The third-order valence-electron chi connectivity index (χ3n) is 3.08. The summed E-state index contributed by atoms with van der Waals surface area (Å²) < 4.78 is 33.3. The lowest BCUT2D eigenvalue weighted by atomic mass is 10.4. The molecule has 0 rings (SSSR count). The highest BCUT2D eigenvalue weighted by atomic mass is 35.5. The van der Waals surface area contributed by atoms with Crippen LogP contribution in [0, 0.1) is 0 Å². The molecule has 3 unspecified atom stereocenters. The van der Waals surface area contributed by atoms with E-state index in [4.69, 9.17) is 62.6 Å². The second-order valence-corrected chi connectivity index (χ2v) is 7.27.